The average molecular weight is 286 g/mol. The first-order chi connectivity index (χ1) is 10.1. The summed E-state index contributed by atoms with van der Waals surface area (Å²) in [6.45, 7) is 3.88. The van der Waals surface area contributed by atoms with Crippen molar-refractivity contribution in [1.29, 1.82) is 0 Å². The van der Waals surface area contributed by atoms with Crippen LogP contribution in [0.2, 0.25) is 0 Å². The molecule has 0 radical (unpaired) electrons. The molecule has 0 aliphatic heterocycles. The highest BCUT2D eigenvalue weighted by molar-refractivity contribution is 5.68. The van der Waals surface area contributed by atoms with Gasteiger partial charge in [0.2, 0.25) is 0 Å². The number of aryl methyl sites for hydroxylation is 2. The van der Waals surface area contributed by atoms with Crippen molar-refractivity contribution < 1.29 is 19.4 Å². The summed E-state index contributed by atoms with van der Waals surface area (Å²) in [6, 6.07) is 13.6. The van der Waals surface area contributed by atoms with Crippen LogP contribution in [-0.2, 0) is 11.4 Å². The molecule has 0 heterocycles. The number of carboxylic acids is 1. The predicted octanol–water partition coefficient (Wildman–Crippen LogP) is 3.35. The maximum atomic E-state index is 10.7. The van der Waals surface area contributed by atoms with E-state index in [0.29, 0.717) is 18.1 Å². The van der Waals surface area contributed by atoms with Gasteiger partial charge in [0.05, 0.1) is 0 Å². The number of rotatable bonds is 6. The van der Waals surface area contributed by atoms with E-state index >= 15 is 0 Å². The molecule has 0 aromatic heterocycles. The molecule has 21 heavy (non-hydrogen) atoms. The van der Waals surface area contributed by atoms with Crippen LogP contribution in [0.25, 0.3) is 0 Å². The fraction of sp³-hybridized carbons (Fsp3) is 0.235. The molecule has 0 amide bonds. The standard InChI is InChI=1S/C17H18O4/c1-12-8-13(2)17(15(9-12)20-11-16(18)19)21-10-14-6-4-3-5-7-14/h3-9H,10-11H2,1-2H3,(H,18,19). The molecule has 2 aromatic carbocycles. The number of benzene rings is 2. The monoisotopic (exact) mass is 286 g/mol. The zero-order valence-corrected chi connectivity index (χ0v) is 12.1. The Labute approximate surface area is 123 Å². The first-order valence-corrected chi connectivity index (χ1v) is 6.69. The molecule has 2 aromatic rings. The molecule has 4 nitrogen and oxygen atoms in total. The Balaban J connectivity index is 2.18. The van der Waals surface area contributed by atoms with Crippen molar-refractivity contribution in [3.8, 4) is 11.5 Å². The van der Waals surface area contributed by atoms with Crippen LogP contribution >= 0.6 is 0 Å². The molecule has 0 saturated heterocycles. The first-order valence-electron chi connectivity index (χ1n) is 6.69. The summed E-state index contributed by atoms with van der Waals surface area (Å²) in [5, 5.41) is 8.75. The van der Waals surface area contributed by atoms with Crippen LogP contribution in [0.15, 0.2) is 42.5 Å². The van der Waals surface area contributed by atoms with E-state index in [9.17, 15) is 4.79 Å². The van der Waals surface area contributed by atoms with Gasteiger partial charge < -0.3 is 14.6 Å². The van der Waals surface area contributed by atoms with E-state index in [0.717, 1.165) is 16.7 Å². The summed E-state index contributed by atoms with van der Waals surface area (Å²) in [6.07, 6.45) is 0. The summed E-state index contributed by atoms with van der Waals surface area (Å²) < 4.78 is 11.1. The molecule has 0 unspecified atom stereocenters. The van der Waals surface area contributed by atoms with Gasteiger partial charge in [-0.3, -0.25) is 0 Å². The number of hydrogen-bond donors (Lipinski definition) is 1. The second-order valence-electron chi connectivity index (χ2n) is 4.87. The normalized spacial score (nSPS) is 10.2. The van der Waals surface area contributed by atoms with Gasteiger partial charge in [0.25, 0.3) is 0 Å². The molecule has 0 bridgehead atoms. The van der Waals surface area contributed by atoms with Gasteiger partial charge in [-0.05, 0) is 36.6 Å². The van der Waals surface area contributed by atoms with Crippen molar-refractivity contribution in [3.05, 3.63) is 59.2 Å². The van der Waals surface area contributed by atoms with Crippen LogP contribution in [0.4, 0.5) is 0 Å². The molecular weight excluding hydrogens is 268 g/mol. The largest absolute Gasteiger partial charge is 0.485 e. The lowest BCUT2D eigenvalue weighted by Crippen LogP contribution is -2.11. The van der Waals surface area contributed by atoms with Crippen molar-refractivity contribution in [1.82, 2.24) is 0 Å². The highest BCUT2D eigenvalue weighted by Gasteiger charge is 2.11. The molecule has 0 atom stereocenters. The van der Waals surface area contributed by atoms with E-state index in [1.54, 1.807) is 6.07 Å². The van der Waals surface area contributed by atoms with E-state index in [4.69, 9.17) is 14.6 Å². The summed E-state index contributed by atoms with van der Waals surface area (Å²) >= 11 is 0. The fourth-order valence-electron chi connectivity index (χ4n) is 2.08. The average Bonchev–Trinajstić information content (AvgIpc) is 2.45. The van der Waals surface area contributed by atoms with E-state index < -0.39 is 5.97 Å². The maximum absolute atomic E-state index is 10.7. The number of hydrogen-bond acceptors (Lipinski definition) is 3. The third-order valence-corrected chi connectivity index (χ3v) is 2.96. The zero-order valence-electron chi connectivity index (χ0n) is 12.1. The van der Waals surface area contributed by atoms with Gasteiger partial charge >= 0.3 is 5.97 Å². The van der Waals surface area contributed by atoms with Crippen molar-refractivity contribution in [2.75, 3.05) is 6.61 Å². The van der Waals surface area contributed by atoms with Crippen LogP contribution in [0, 0.1) is 13.8 Å². The minimum atomic E-state index is -1.01. The number of carboxylic acid groups (broad SMARTS) is 1. The molecule has 1 N–H and O–H groups in total. The smallest absolute Gasteiger partial charge is 0.341 e. The first kappa shape index (κ1) is 14.9. The summed E-state index contributed by atoms with van der Waals surface area (Å²) in [5.74, 6) is 0.0414. The highest BCUT2D eigenvalue weighted by Crippen LogP contribution is 2.33. The molecular formula is C17H18O4. The molecule has 0 aliphatic rings. The van der Waals surface area contributed by atoms with Gasteiger partial charge in [0.1, 0.15) is 6.61 Å². The van der Waals surface area contributed by atoms with E-state index in [-0.39, 0.29) is 6.61 Å². The lowest BCUT2D eigenvalue weighted by atomic mass is 10.1. The molecule has 0 saturated carbocycles. The molecule has 0 aliphatic carbocycles. The summed E-state index contributed by atoms with van der Waals surface area (Å²) in [7, 11) is 0. The molecule has 110 valence electrons. The second kappa shape index (κ2) is 6.79. The Morgan fingerprint density at radius 2 is 1.81 bits per heavy atom. The van der Waals surface area contributed by atoms with Gasteiger partial charge in [-0.2, -0.15) is 0 Å². The molecule has 0 spiro atoms. The Morgan fingerprint density at radius 1 is 1.10 bits per heavy atom. The van der Waals surface area contributed by atoms with Crippen LogP contribution in [0.3, 0.4) is 0 Å². The highest BCUT2D eigenvalue weighted by atomic mass is 16.5. The lowest BCUT2D eigenvalue weighted by Gasteiger charge is -2.15. The summed E-state index contributed by atoms with van der Waals surface area (Å²) in [4.78, 5) is 10.7. The maximum Gasteiger partial charge on any atom is 0.341 e. The zero-order chi connectivity index (χ0) is 15.2. The Hall–Kier alpha value is -2.49. The van der Waals surface area contributed by atoms with Crippen molar-refractivity contribution >= 4 is 5.97 Å². The van der Waals surface area contributed by atoms with E-state index in [1.165, 1.54) is 0 Å². The Bertz CT molecular complexity index is 620. The minimum absolute atomic E-state index is 0.384. The SMILES string of the molecule is Cc1cc(C)c(OCc2ccccc2)c(OCC(=O)O)c1. The number of aliphatic carboxylic acids is 1. The van der Waals surface area contributed by atoms with Crippen molar-refractivity contribution in [3.63, 3.8) is 0 Å². The fourth-order valence-corrected chi connectivity index (χ4v) is 2.08. The van der Waals surface area contributed by atoms with E-state index in [1.807, 2.05) is 50.2 Å². The van der Waals surface area contributed by atoms with Crippen LogP contribution < -0.4 is 9.47 Å². The molecule has 2 rings (SSSR count). The lowest BCUT2D eigenvalue weighted by molar-refractivity contribution is -0.139. The van der Waals surface area contributed by atoms with Crippen LogP contribution in [0.1, 0.15) is 16.7 Å². The van der Waals surface area contributed by atoms with Crippen molar-refractivity contribution in [2.24, 2.45) is 0 Å². The third-order valence-electron chi connectivity index (χ3n) is 2.96. The van der Waals surface area contributed by atoms with Gasteiger partial charge in [-0.15, -0.1) is 0 Å². The van der Waals surface area contributed by atoms with Gasteiger partial charge in [-0.1, -0.05) is 36.4 Å². The minimum Gasteiger partial charge on any atom is -0.485 e. The quantitative estimate of drug-likeness (QED) is 0.884. The van der Waals surface area contributed by atoms with Crippen molar-refractivity contribution in [2.45, 2.75) is 20.5 Å². The topological polar surface area (TPSA) is 55.8 Å². The second-order valence-corrected chi connectivity index (χ2v) is 4.87. The number of carbonyl (C=O) groups is 1. The third kappa shape index (κ3) is 4.24. The number of ether oxygens (including phenoxy) is 2. The Kier molecular flexibility index (Phi) is 4.82. The predicted molar refractivity (Wildman–Crippen MR) is 79.8 cm³/mol. The van der Waals surface area contributed by atoms with Crippen LogP contribution in [0.5, 0.6) is 11.5 Å². The van der Waals surface area contributed by atoms with Crippen LogP contribution in [-0.4, -0.2) is 17.7 Å². The van der Waals surface area contributed by atoms with Gasteiger partial charge in [-0.25, -0.2) is 4.79 Å². The Morgan fingerprint density at radius 3 is 2.48 bits per heavy atom. The summed E-state index contributed by atoms with van der Waals surface area (Å²) in [5.41, 5.74) is 2.97. The molecule has 4 heteroatoms. The van der Waals surface area contributed by atoms with E-state index in [2.05, 4.69) is 0 Å². The van der Waals surface area contributed by atoms with Gasteiger partial charge in [0, 0.05) is 0 Å². The molecule has 0 fully saturated rings. The van der Waals surface area contributed by atoms with Gasteiger partial charge in [0.15, 0.2) is 18.1 Å².